The van der Waals surface area contributed by atoms with Crippen molar-refractivity contribution in [1.82, 2.24) is 0 Å². The van der Waals surface area contributed by atoms with Gasteiger partial charge in [-0.2, -0.15) is 0 Å². The van der Waals surface area contributed by atoms with Crippen LogP contribution in [0.2, 0.25) is 0 Å². The van der Waals surface area contributed by atoms with Crippen LogP contribution in [0.4, 0.5) is 5.69 Å². The van der Waals surface area contributed by atoms with Crippen LogP contribution in [0.15, 0.2) is 42.5 Å². The van der Waals surface area contributed by atoms with Gasteiger partial charge < -0.3 is 5.32 Å². The van der Waals surface area contributed by atoms with E-state index in [4.69, 9.17) is 0 Å². The Balaban J connectivity index is 1.88. The molecule has 18 heavy (non-hydrogen) atoms. The highest BCUT2D eigenvalue weighted by atomic mass is 127. The summed E-state index contributed by atoms with van der Waals surface area (Å²) in [5.74, 6) is 0. The van der Waals surface area contributed by atoms with Crippen LogP contribution in [-0.2, 0) is 6.42 Å². The molecule has 0 radical (unpaired) electrons. The summed E-state index contributed by atoms with van der Waals surface area (Å²) in [6.45, 7) is 2.17. The zero-order valence-electron chi connectivity index (χ0n) is 10.4. The van der Waals surface area contributed by atoms with E-state index >= 15 is 0 Å². The molecule has 1 unspecified atom stereocenters. The van der Waals surface area contributed by atoms with Crippen molar-refractivity contribution < 1.29 is 0 Å². The van der Waals surface area contributed by atoms with Crippen molar-refractivity contribution in [3.63, 3.8) is 0 Å². The lowest BCUT2D eigenvalue weighted by atomic mass is 10.1. The van der Waals surface area contributed by atoms with E-state index < -0.39 is 0 Å². The molecule has 1 atom stereocenters. The Morgan fingerprint density at radius 1 is 1.17 bits per heavy atom. The minimum Gasteiger partial charge on any atom is -0.378 e. The summed E-state index contributed by atoms with van der Waals surface area (Å²) in [4.78, 5) is 0. The molecule has 92 valence electrons. The van der Waals surface area contributed by atoms with E-state index in [-0.39, 0.29) is 0 Å². The summed E-state index contributed by atoms with van der Waals surface area (Å²) >= 11 is 2.37. The maximum Gasteiger partial charge on any atom is 0.0519 e. The third-order valence-corrected chi connectivity index (χ3v) is 4.33. The first-order chi connectivity index (χ1) is 8.74. The van der Waals surface area contributed by atoms with Gasteiger partial charge in [0.05, 0.1) is 6.04 Å². The highest BCUT2D eigenvalue weighted by molar-refractivity contribution is 14.1. The maximum absolute atomic E-state index is 3.70. The number of rotatable bonds is 2. The molecule has 2 aromatic rings. The summed E-state index contributed by atoms with van der Waals surface area (Å²) in [6.07, 6.45) is 2.39. The molecule has 0 saturated heterocycles. The molecule has 0 aliphatic heterocycles. The molecule has 2 aromatic carbocycles. The number of hydrogen-bond donors (Lipinski definition) is 1. The maximum atomic E-state index is 3.70. The van der Waals surface area contributed by atoms with Crippen LogP contribution in [0.1, 0.15) is 29.2 Å². The smallest absolute Gasteiger partial charge is 0.0519 e. The van der Waals surface area contributed by atoms with Crippen molar-refractivity contribution in [2.45, 2.75) is 25.8 Å². The predicted octanol–water partition coefficient (Wildman–Crippen LogP) is 4.70. The second-order valence-electron chi connectivity index (χ2n) is 4.89. The second-order valence-corrected chi connectivity index (χ2v) is 6.14. The van der Waals surface area contributed by atoms with Gasteiger partial charge in [-0.15, -0.1) is 0 Å². The van der Waals surface area contributed by atoms with E-state index in [1.165, 1.54) is 38.8 Å². The molecular formula is C16H16IN. The third-order valence-electron chi connectivity index (χ3n) is 3.66. The fourth-order valence-electron chi connectivity index (χ4n) is 2.64. The fourth-order valence-corrected chi connectivity index (χ4v) is 3.14. The Hall–Kier alpha value is -1.03. The second kappa shape index (κ2) is 4.92. The van der Waals surface area contributed by atoms with E-state index in [2.05, 4.69) is 77.3 Å². The summed E-state index contributed by atoms with van der Waals surface area (Å²) < 4.78 is 1.28. The van der Waals surface area contributed by atoms with E-state index in [0.29, 0.717) is 6.04 Å². The molecule has 0 bridgehead atoms. The quantitative estimate of drug-likeness (QED) is 0.775. The highest BCUT2D eigenvalue weighted by Crippen LogP contribution is 2.34. The van der Waals surface area contributed by atoms with Gasteiger partial charge in [0, 0.05) is 9.26 Å². The summed E-state index contributed by atoms with van der Waals surface area (Å²) in [5, 5.41) is 3.70. The number of nitrogens with one attached hydrogen (secondary N) is 1. The molecule has 1 nitrogen and oxygen atoms in total. The van der Waals surface area contributed by atoms with Gasteiger partial charge in [-0.25, -0.2) is 0 Å². The van der Waals surface area contributed by atoms with Crippen molar-refractivity contribution in [2.24, 2.45) is 0 Å². The summed E-state index contributed by atoms with van der Waals surface area (Å²) in [5.41, 5.74) is 5.55. The van der Waals surface area contributed by atoms with Gasteiger partial charge in [0.25, 0.3) is 0 Å². The van der Waals surface area contributed by atoms with Crippen molar-refractivity contribution in [3.05, 3.63) is 62.7 Å². The number of hydrogen-bond acceptors (Lipinski definition) is 1. The Labute approximate surface area is 122 Å². The molecule has 0 spiro atoms. The first-order valence-electron chi connectivity index (χ1n) is 6.34. The highest BCUT2D eigenvalue weighted by Gasteiger charge is 2.21. The summed E-state index contributed by atoms with van der Waals surface area (Å²) in [7, 11) is 0. The normalized spacial score (nSPS) is 17.6. The van der Waals surface area contributed by atoms with Gasteiger partial charge in [-0.3, -0.25) is 0 Å². The fraction of sp³-hybridized carbons (Fsp3) is 0.250. The van der Waals surface area contributed by atoms with Gasteiger partial charge >= 0.3 is 0 Å². The topological polar surface area (TPSA) is 12.0 Å². The largest absolute Gasteiger partial charge is 0.378 e. The molecule has 0 fully saturated rings. The minimum absolute atomic E-state index is 0.470. The lowest BCUT2D eigenvalue weighted by molar-refractivity contribution is 0.761. The van der Waals surface area contributed by atoms with Crippen LogP contribution in [0.25, 0.3) is 0 Å². The molecule has 1 aliphatic rings. The SMILES string of the molecule is Cc1ccc(I)cc1NC1CCc2ccccc21. The minimum atomic E-state index is 0.470. The van der Waals surface area contributed by atoms with Crippen LogP contribution in [0.3, 0.4) is 0 Å². The van der Waals surface area contributed by atoms with Crippen molar-refractivity contribution in [2.75, 3.05) is 5.32 Å². The number of aryl methyl sites for hydroxylation is 2. The lowest BCUT2D eigenvalue weighted by Gasteiger charge is -2.17. The molecule has 0 amide bonds. The molecule has 0 heterocycles. The van der Waals surface area contributed by atoms with E-state index in [1.54, 1.807) is 0 Å². The standard InChI is InChI=1S/C16H16IN/c1-11-6-8-13(17)10-16(11)18-15-9-7-12-4-2-3-5-14(12)15/h2-6,8,10,15,18H,7,9H2,1H3. The van der Waals surface area contributed by atoms with Gasteiger partial charge in [-0.05, 0) is 71.2 Å². The average Bonchev–Trinajstić information content (AvgIpc) is 2.78. The van der Waals surface area contributed by atoms with Gasteiger partial charge in [-0.1, -0.05) is 30.3 Å². The third kappa shape index (κ3) is 2.26. The molecule has 0 aromatic heterocycles. The van der Waals surface area contributed by atoms with Crippen molar-refractivity contribution in [1.29, 1.82) is 0 Å². The molecular weight excluding hydrogens is 333 g/mol. The van der Waals surface area contributed by atoms with Gasteiger partial charge in [0.15, 0.2) is 0 Å². The van der Waals surface area contributed by atoms with E-state index in [0.717, 1.165) is 0 Å². The van der Waals surface area contributed by atoms with Crippen LogP contribution in [0.5, 0.6) is 0 Å². The number of benzene rings is 2. The van der Waals surface area contributed by atoms with E-state index in [1.807, 2.05) is 0 Å². The zero-order chi connectivity index (χ0) is 12.5. The lowest BCUT2D eigenvalue weighted by Crippen LogP contribution is -2.08. The van der Waals surface area contributed by atoms with Crippen molar-refractivity contribution >= 4 is 28.3 Å². The molecule has 1 N–H and O–H groups in total. The van der Waals surface area contributed by atoms with E-state index in [9.17, 15) is 0 Å². The molecule has 3 rings (SSSR count). The molecule has 0 saturated carbocycles. The Morgan fingerprint density at radius 2 is 2.00 bits per heavy atom. The van der Waals surface area contributed by atoms with Crippen LogP contribution < -0.4 is 5.32 Å². The molecule has 2 heteroatoms. The summed E-state index contributed by atoms with van der Waals surface area (Å²) in [6, 6.07) is 15.8. The zero-order valence-corrected chi connectivity index (χ0v) is 12.6. The predicted molar refractivity (Wildman–Crippen MR) is 85.0 cm³/mol. The number of anilines is 1. The van der Waals surface area contributed by atoms with Gasteiger partial charge in [0.1, 0.15) is 0 Å². The van der Waals surface area contributed by atoms with Crippen LogP contribution in [0, 0.1) is 10.5 Å². The van der Waals surface area contributed by atoms with Crippen LogP contribution in [-0.4, -0.2) is 0 Å². The first-order valence-corrected chi connectivity index (χ1v) is 7.42. The Bertz CT molecular complexity index is 577. The number of halogens is 1. The molecule has 1 aliphatic carbocycles. The Kier molecular flexibility index (Phi) is 3.29. The average molecular weight is 349 g/mol. The van der Waals surface area contributed by atoms with Gasteiger partial charge in [0.2, 0.25) is 0 Å². The van der Waals surface area contributed by atoms with Crippen molar-refractivity contribution in [3.8, 4) is 0 Å². The first kappa shape index (κ1) is 12.0. The van der Waals surface area contributed by atoms with Crippen LogP contribution >= 0.6 is 22.6 Å². The number of fused-ring (bicyclic) bond motifs is 1. The monoisotopic (exact) mass is 349 g/mol. The Morgan fingerprint density at radius 3 is 2.89 bits per heavy atom.